The molecule has 0 radical (unpaired) electrons. The molecule has 2 aliphatic heterocycles. The van der Waals surface area contributed by atoms with E-state index in [4.69, 9.17) is 18.9 Å². The van der Waals surface area contributed by atoms with Gasteiger partial charge in [-0.1, -0.05) is 212 Å². The van der Waals surface area contributed by atoms with Gasteiger partial charge in [0, 0.05) is 6.42 Å². The second-order valence-corrected chi connectivity index (χ2v) is 20.8. The summed E-state index contributed by atoms with van der Waals surface area (Å²) in [6.45, 7) is 2.78. The Labute approximate surface area is 430 Å². The van der Waals surface area contributed by atoms with Crippen molar-refractivity contribution in [2.24, 2.45) is 0 Å². The highest BCUT2D eigenvalue weighted by Gasteiger charge is 2.51. The lowest BCUT2D eigenvalue weighted by molar-refractivity contribution is -0.359. The van der Waals surface area contributed by atoms with E-state index >= 15 is 0 Å². The second-order valence-electron chi connectivity index (χ2n) is 20.8. The van der Waals surface area contributed by atoms with Gasteiger partial charge in [-0.15, -0.1) is 0 Å². The Morgan fingerprint density at radius 2 is 0.887 bits per heavy atom. The van der Waals surface area contributed by atoms with Crippen LogP contribution >= 0.6 is 0 Å². The zero-order chi connectivity index (χ0) is 51.7. The lowest BCUT2D eigenvalue weighted by atomic mass is 9.97. The molecule has 2 aliphatic rings. The molecule has 418 valence electrons. The molecule has 9 N–H and O–H groups in total. The summed E-state index contributed by atoms with van der Waals surface area (Å²) in [4.78, 5) is 13.2. The first kappa shape index (κ1) is 65.6. The number of rotatable bonds is 46. The van der Waals surface area contributed by atoms with Crippen LogP contribution in [0.2, 0.25) is 0 Å². The van der Waals surface area contributed by atoms with Gasteiger partial charge in [0.05, 0.1) is 32.0 Å². The Bertz CT molecular complexity index is 1290. The molecule has 12 unspecified atom stereocenters. The lowest BCUT2D eigenvalue weighted by Gasteiger charge is -2.46. The maximum Gasteiger partial charge on any atom is 0.220 e. The Hall–Kier alpha value is -1.53. The van der Waals surface area contributed by atoms with Crippen molar-refractivity contribution < 1.29 is 64.6 Å². The number of aliphatic hydroxyl groups excluding tert-OH is 8. The van der Waals surface area contributed by atoms with Crippen LogP contribution in [-0.2, 0) is 23.7 Å². The van der Waals surface area contributed by atoms with Crippen molar-refractivity contribution >= 4 is 5.91 Å². The minimum Gasteiger partial charge on any atom is -0.394 e. The SMILES string of the molecule is CCCCCCCCCC/C=C\CCCCCCCCCCCCCCCCCC(=O)NC(COC1OC(CO)C(OC2OC(CO)C(O)C(O)C2O)C(O)C1O)C(O)/C=C/CCCCCCCCCC. The van der Waals surface area contributed by atoms with Crippen LogP contribution in [-0.4, -0.2) is 140 Å². The zero-order valence-corrected chi connectivity index (χ0v) is 44.7. The maximum absolute atomic E-state index is 13.2. The van der Waals surface area contributed by atoms with E-state index in [-0.39, 0.29) is 18.9 Å². The fourth-order valence-electron chi connectivity index (χ4n) is 9.64. The number of hydrogen-bond acceptors (Lipinski definition) is 13. The molecule has 12 atom stereocenters. The molecule has 0 saturated carbocycles. The van der Waals surface area contributed by atoms with Crippen molar-refractivity contribution in [1.82, 2.24) is 5.32 Å². The van der Waals surface area contributed by atoms with Crippen molar-refractivity contribution in [3.8, 4) is 0 Å². The Morgan fingerprint density at radius 1 is 0.493 bits per heavy atom. The molecule has 2 rings (SSSR count). The molecule has 2 fully saturated rings. The maximum atomic E-state index is 13.2. The van der Waals surface area contributed by atoms with E-state index in [2.05, 4.69) is 31.3 Å². The zero-order valence-electron chi connectivity index (χ0n) is 44.7. The molecule has 71 heavy (non-hydrogen) atoms. The smallest absolute Gasteiger partial charge is 0.220 e. The van der Waals surface area contributed by atoms with Crippen LogP contribution in [0.4, 0.5) is 0 Å². The number of aliphatic hydroxyl groups is 8. The number of carbonyl (C=O) groups is 1. The second kappa shape index (κ2) is 43.7. The quantitative estimate of drug-likeness (QED) is 0.0205. The summed E-state index contributed by atoms with van der Waals surface area (Å²) in [6, 6.07) is -0.910. The van der Waals surface area contributed by atoms with Gasteiger partial charge in [0.2, 0.25) is 5.91 Å². The van der Waals surface area contributed by atoms with E-state index in [1.54, 1.807) is 6.08 Å². The molecule has 0 spiro atoms. The third-order valence-electron chi connectivity index (χ3n) is 14.4. The fourth-order valence-corrected chi connectivity index (χ4v) is 9.64. The van der Waals surface area contributed by atoms with Gasteiger partial charge < -0.3 is 65.1 Å². The minimum absolute atomic E-state index is 0.239. The van der Waals surface area contributed by atoms with Crippen molar-refractivity contribution in [3.05, 3.63) is 24.3 Å². The molecule has 1 amide bonds. The molecule has 2 heterocycles. The lowest BCUT2D eigenvalue weighted by Crippen LogP contribution is -2.65. The minimum atomic E-state index is -1.79. The van der Waals surface area contributed by atoms with Crippen LogP contribution in [0, 0.1) is 0 Å². The molecule has 2 saturated heterocycles. The molecule has 0 bridgehead atoms. The van der Waals surface area contributed by atoms with Gasteiger partial charge in [0.1, 0.15) is 48.8 Å². The number of unbranched alkanes of at least 4 members (excludes halogenated alkanes) is 31. The van der Waals surface area contributed by atoms with Gasteiger partial charge in [-0.2, -0.15) is 0 Å². The van der Waals surface area contributed by atoms with E-state index < -0.39 is 86.8 Å². The van der Waals surface area contributed by atoms with E-state index in [0.717, 1.165) is 38.5 Å². The third kappa shape index (κ3) is 30.0. The number of allylic oxidation sites excluding steroid dienone is 3. The monoisotopic (exact) mass is 1010 g/mol. The van der Waals surface area contributed by atoms with Crippen LogP contribution in [0.5, 0.6) is 0 Å². The first-order valence-corrected chi connectivity index (χ1v) is 29.1. The molecule has 14 heteroatoms. The summed E-state index contributed by atoms with van der Waals surface area (Å²) in [5, 5.41) is 86.8. The van der Waals surface area contributed by atoms with Crippen molar-refractivity contribution in [3.63, 3.8) is 0 Å². The molecule has 0 aromatic carbocycles. The average molecular weight is 1010 g/mol. The summed E-state index contributed by atoms with van der Waals surface area (Å²) in [6.07, 6.45) is 33.9. The molecular weight excluding hydrogens is 907 g/mol. The number of ether oxygens (including phenoxy) is 4. The van der Waals surface area contributed by atoms with Crippen LogP contribution in [0.3, 0.4) is 0 Å². The fraction of sp³-hybridized carbons (Fsp3) is 0.912. The van der Waals surface area contributed by atoms with Crippen LogP contribution < -0.4 is 5.32 Å². The van der Waals surface area contributed by atoms with Gasteiger partial charge >= 0.3 is 0 Å². The molecular formula is C57H107NO13. The van der Waals surface area contributed by atoms with Crippen molar-refractivity contribution in [1.29, 1.82) is 0 Å². The first-order chi connectivity index (χ1) is 34.6. The Morgan fingerprint density at radius 3 is 1.34 bits per heavy atom. The van der Waals surface area contributed by atoms with Gasteiger partial charge in [0.25, 0.3) is 0 Å². The highest BCUT2D eigenvalue weighted by Crippen LogP contribution is 2.30. The summed E-state index contributed by atoms with van der Waals surface area (Å²) < 4.78 is 22.7. The molecule has 0 aromatic heterocycles. The van der Waals surface area contributed by atoms with Crippen LogP contribution in [0.1, 0.15) is 239 Å². The number of nitrogens with one attached hydrogen (secondary N) is 1. The topological polar surface area (TPSA) is 228 Å². The average Bonchev–Trinajstić information content (AvgIpc) is 3.37. The van der Waals surface area contributed by atoms with E-state index in [0.29, 0.717) is 6.42 Å². The van der Waals surface area contributed by atoms with E-state index in [1.165, 1.54) is 173 Å². The largest absolute Gasteiger partial charge is 0.394 e. The number of carbonyl (C=O) groups excluding carboxylic acids is 1. The van der Waals surface area contributed by atoms with E-state index in [1.807, 2.05) is 6.08 Å². The molecule has 0 aromatic rings. The van der Waals surface area contributed by atoms with Crippen molar-refractivity contribution in [2.45, 2.75) is 312 Å². The van der Waals surface area contributed by atoms with Crippen LogP contribution in [0.15, 0.2) is 24.3 Å². The number of amides is 1. The highest BCUT2D eigenvalue weighted by atomic mass is 16.7. The predicted molar refractivity (Wildman–Crippen MR) is 282 cm³/mol. The Kier molecular flexibility index (Phi) is 40.4. The standard InChI is InChI=1S/C57H107NO13/c1-3-5-7-9-11-13-15-16-17-18-19-20-21-22-23-24-25-26-27-28-29-30-31-33-35-37-39-41-49(62)58-45(46(61)40-38-36-34-32-14-12-10-8-6-4-2)44-68-56-54(67)52(65)55(48(43-60)70-56)71-57-53(66)51(64)50(63)47(42-59)69-57/h18-19,38,40,45-48,50-57,59-61,63-67H,3-17,20-37,39,41-44H2,1-2H3,(H,58,62)/b19-18-,40-38+. The predicted octanol–water partition coefficient (Wildman–Crippen LogP) is 9.28. The third-order valence-corrected chi connectivity index (χ3v) is 14.4. The normalized spacial score (nSPS) is 25.9. The van der Waals surface area contributed by atoms with E-state index in [9.17, 15) is 45.6 Å². The van der Waals surface area contributed by atoms with Crippen LogP contribution in [0.25, 0.3) is 0 Å². The molecule has 14 nitrogen and oxygen atoms in total. The molecule has 0 aliphatic carbocycles. The number of hydrogen-bond donors (Lipinski definition) is 9. The van der Waals surface area contributed by atoms with Gasteiger partial charge in [-0.05, 0) is 44.9 Å². The van der Waals surface area contributed by atoms with Gasteiger partial charge in [0.15, 0.2) is 12.6 Å². The van der Waals surface area contributed by atoms with Crippen molar-refractivity contribution in [2.75, 3.05) is 19.8 Å². The summed E-state index contributed by atoms with van der Waals surface area (Å²) >= 11 is 0. The summed E-state index contributed by atoms with van der Waals surface area (Å²) in [5.41, 5.74) is 0. The summed E-state index contributed by atoms with van der Waals surface area (Å²) in [5.74, 6) is -0.239. The van der Waals surface area contributed by atoms with Gasteiger partial charge in [-0.25, -0.2) is 0 Å². The Balaban J connectivity index is 1.67. The first-order valence-electron chi connectivity index (χ1n) is 29.1. The highest BCUT2D eigenvalue weighted by molar-refractivity contribution is 5.76. The summed E-state index contributed by atoms with van der Waals surface area (Å²) in [7, 11) is 0. The van der Waals surface area contributed by atoms with Gasteiger partial charge in [-0.3, -0.25) is 4.79 Å².